The Labute approximate surface area is 201 Å². The van der Waals surface area contributed by atoms with E-state index in [0.29, 0.717) is 12.4 Å². The Morgan fingerprint density at radius 2 is 1.94 bits per heavy atom. The van der Waals surface area contributed by atoms with Crippen LogP contribution in [-0.4, -0.2) is 34.3 Å². The smallest absolute Gasteiger partial charge is 0.230 e. The molecule has 2 aliphatic rings. The lowest BCUT2D eigenvalue weighted by molar-refractivity contribution is -0.129. The van der Waals surface area contributed by atoms with Gasteiger partial charge in [0.15, 0.2) is 6.29 Å². The predicted octanol–water partition coefficient (Wildman–Crippen LogP) is 3.11. The maximum absolute atomic E-state index is 13.1. The lowest BCUT2D eigenvalue weighted by atomic mass is 9.97. The van der Waals surface area contributed by atoms with Crippen molar-refractivity contribution in [2.24, 2.45) is 11.8 Å². The van der Waals surface area contributed by atoms with Crippen molar-refractivity contribution in [1.82, 2.24) is 25.8 Å². The molecule has 0 bridgehead atoms. The van der Waals surface area contributed by atoms with E-state index in [1.807, 2.05) is 24.1 Å². The molecule has 3 atom stereocenters. The van der Waals surface area contributed by atoms with Gasteiger partial charge in [0, 0.05) is 18.5 Å². The van der Waals surface area contributed by atoms with Crippen molar-refractivity contribution in [2.75, 3.05) is 16.9 Å². The Balaban J connectivity index is 1.58. The molecule has 9 heteroatoms. The first kappa shape index (κ1) is 24.2. The van der Waals surface area contributed by atoms with Crippen LogP contribution < -0.4 is 26.4 Å². The number of amides is 2. The second kappa shape index (κ2) is 10.1. The van der Waals surface area contributed by atoms with Crippen LogP contribution in [0.5, 0.6) is 0 Å². The molecule has 34 heavy (non-hydrogen) atoms. The molecule has 2 saturated heterocycles. The maximum atomic E-state index is 13.1. The van der Waals surface area contributed by atoms with Crippen LogP contribution >= 0.6 is 0 Å². The molecule has 184 valence electrons. The summed E-state index contributed by atoms with van der Waals surface area (Å²) in [5.74, 6) is 0.263. The first-order valence-electron chi connectivity index (χ1n) is 12.4. The topological polar surface area (TPSA) is 103 Å². The third-order valence-corrected chi connectivity index (χ3v) is 6.92. The average molecular weight is 468 g/mol. The van der Waals surface area contributed by atoms with Crippen LogP contribution in [0.1, 0.15) is 62.6 Å². The number of nitrogens with one attached hydrogen (secondary N) is 4. The van der Waals surface area contributed by atoms with Gasteiger partial charge in [-0.15, -0.1) is 0 Å². The third-order valence-electron chi connectivity index (χ3n) is 6.92. The van der Waals surface area contributed by atoms with Crippen LogP contribution in [0.4, 0.5) is 11.5 Å². The van der Waals surface area contributed by atoms with Crippen molar-refractivity contribution >= 4 is 23.3 Å². The van der Waals surface area contributed by atoms with Gasteiger partial charge in [0.2, 0.25) is 11.8 Å². The fraction of sp³-hybridized carbons (Fsp3) is 0.560. The average Bonchev–Trinajstić information content (AvgIpc) is 3.39. The summed E-state index contributed by atoms with van der Waals surface area (Å²) in [5, 5.41) is 16.3. The van der Waals surface area contributed by atoms with E-state index in [1.54, 1.807) is 4.68 Å². The summed E-state index contributed by atoms with van der Waals surface area (Å²) in [6.45, 7) is 10.8. The predicted molar refractivity (Wildman–Crippen MR) is 133 cm³/mol. The summed E-state index contributed by atoms with van der Waals surface area (Å²) in [4.78, 5) is 26.1. The lowest BCUT2D eigenvalue weighted by Crippen LogP contribution is -2.62. The zero-order chi connectivity index (χ0) is 24.4. The van der Waals surface area contributed by atoms with E-state index in [9.17, 15) is 9.59 Å². The number of aromatic nitrogens is 2. The maximum Gasteiger partial charge on any atom is 0.230 e. The van der Waals surface area contributed by atoms with Crippen molar-refractivity contribution in [3.8, 4) is 0 Å². The van der Waals surface area contributed by atoms with Gasteiger partial charge in [0.05, 0.1) is 17.3 Å². The van der Waals surface area contributed by atoms with E-state index in [2.05, 4.69) is 66.3 Å². The molecule has 4 rings (SSSR count). The third kappa shape index (κ3) is 4.67. The molecule has 0 saturated carbocycles. The molecule has 1 aromatic heterocycles. The largest absolute Gasteiger partial charge is 0.321 e. The zero-order valence-corrected chi connectivity index (χ0v) is 20.8. The normalized spacial score (nSPS) is 22.1. The van der Waals surface area contributed by atoms with E-state index in [0.717, 1.165) is 37.1 Å². The number of carbonyl (C=O) groups excluding carboxylic acids is 2. The molecule has 3 heterocycles. The molecule has 2 aromatic rings. The highest BCUT2D eigenvalue weighted by molar-refractivity contribution is 5.92. The standard InChI is InChI=1S/C25H37N7O2/c1-6-9-18(10-7-2)23(33)27-21-13-16(4)30-32(21)25-28-22-19(24(34)29-25)14-26-31(22)20-12-8-11-15(3)17(20)5/h8,11-13,18-19,22,25-26,28H,6-7,9-10,14H2,1-5H3,(H,27,33)(H,29,34). The van der Waals surface area contributed by atoms with Gasteiger partial charge in [-0.25, -0.2) is 10.1 Å². The van der Waals surface area contributed by atoms with Crippen molar-refractivity contribution in [3.63, 3.8) is 0 Å². The number of hydrogen-bond acceptors (Lipinski definition) is 6. The van der Waals surface area contributed by atoms with Crippen LogP contribution in [-0.2, 0) is 9.59 Å². The Hall–Kier alpha value is -2.91. The SMILES string of the molecule is CCCC(CCC)C(=O)Nc1cc(C)nn1C1NC(=O)C2CNN(c3cccc(C)c3C)C2N1. The van der Waals surface area contributed by atoms with Gasteiger partial charge in [-0.2, -0.15) is 5.10 Å². The van der Waals surface area contributed by atoms with Crippen LogP contribution in [0, 0.1) is 32.6 Å². The van der Waals surface area contributed by atoms with Gasteiger partial charge in [-0.05, 0) is 50.8 Å². The minimum absolute atomic E-state index is 0.00408. The number of nitrogens with zero attached hydrogens (tertiary/aromatic N) is 3. The quantitative estimate of drug-likeness (QED) is 0.476. The van der Waals surface area contributed by atoms with E-state index in [-0.39, 0.29) is 29.8 Å². The number of fused-ring (bicyclic) bond motifs is 1. The molecule has 4 N–H and O–H groups in total. The summed E-state index contributed by atoms with van der Waals surface area (Å²) in [6, 6.07) is 8.02. The van der Waals surface area contributed by atoms with Crippen molar-refractivity contribution in [3.05, 3.63) is 41.1 Å². The van der Waals surface area contributed by atoms with Gasteiger partial charge in [-0.3, -0.25) is 19.9 Å². The summed E-state index contributed by atoms with van der Waals surface area (Å²) in [5.41, 5.74) is 7.57. The summed E-state index contributed by atoms with van der Waals surface area (Å²) >= 11 is 0. The van der Waals surface area contributed by atoms with E-state index in [1.165, 1.54) is 11.1 Å². The Morgan fingerprint density at radius 3 is 2.65 bits per heavy atom. The van der Waals surface area contributed by atoms with Crippen molar-refractivity contribution in [2.45, 2.75) is 72.8 Å². The lowest BCUT2D eigenvalue weighted by Gasteiger charge is -2.38. The van der Waals surface area contributed by atoms with E-state index in [4.69, 9.17) is 0 Å². The van der Waals surface area contributed by atoms with Gasteiger partial charge < -0.3 is 10.6 Å². The molecule has 0 aliphatic carbocycles. The number of rotatable bonds is 8. The number of benzene rings is 1. The van der Waals surface area contributed by atoms with Crippen molar-refractivity contribution in [1.29, 1.82) is 0 Å². The Bertz CT molecular complexity index is 1040. The molecule has 2 aliphatic heterocycles. The fourth-order valence-corrected chi connectivity index (χ4v) is 4.96. The zero-order valence-electron chi connectivity index (χ0n) is 20.8. The second-order valence-electron chi connectivity index (χ2n) is 9.46. The summed E-state index contributed by atoms with van der Waals surface area (Å²) in [7, 11) is 0. The molecular weight excluding hydrogens is 430 g/mol. The van der Waals surface area contributed by atoms with Gasteiger partial charge in [0.25, 0.3) is 0 Å². The fourth-order valence-electron chi connectivity index (χ4n) is 4.96. The number of hydrogen-bond donors (Lipinski definition) is 4. The summed E-state index contributed by atoms with van der Waals surface area (Å²) < 4.78 is 1.68. The van der Waals surface area contributed by atoms with Gasteiger partial charge >= 0.3 is 0 Å². The highest BCUT2D eigenvalue weighted by atomic mass is 16.2. The number of aryl methyl sites for hydroxylation is 2. The van der Waals surface area contributed by atoms with Crippen LogP contribution in [0.25, 0.3) is 0 Å². The van der Waals surface area contributed by atoms with Crippen LogP contribution in [0.15, 0.2) is 24.3 Å². The molecule has 3 unspecified atom stereocenters. The summed E-state index contributed by atoms with van der Waals surface area (Å²) in [6.07, 6.45) is 2.79. The molecular formula is C25H37N7O2. The van der Waals surface area contributed by atoms with Gasteiger partial charge in [0.1, 0.15) is 12.0 Å². The molecule has 1 aromatic carbocycles. The van der Waals surface area contributed by atoms with E-state index < -0.39 is 6.29 Å². The highest BCUT2D eigenvalue weighted by Gasteiger charge is 2.45. The van der Waals surface area contributed by atoms with Gasteiger partial charge in [-0.1, -0.05) is 38.8 Å². The van der Waals surface area contributed by atoms with Crippen LogP contribution in [0.3, 0.4) is 0 Å². The minimum Gasteiger partial charge on any atom is -0.321 e. The molecule has 2 fully saturated rings. The highest BCUT2D eigenvalue weighted by Crippen LogP contribution is 2.31. The first-order valence-corrected chi connectivity index (χ1v) is 12.4. The second-order valence-corrected chi connectivity index (χ2v) is 9.46. The molecule has 0 spiro atoms. The van der Waals surface area contributed by atoms with E-state index >= 15 is 0 Å². The number of anilines is 2. The Kier molecular flexibility index (Phi) is 7.23. The van der Waals surface area contributed by atoms with Crippen LogP contribution in [0.2, 0.25) is 0 Å². The number of hydrazine groups is 1. The van der Waals surface area contributed by atoms with Crippen molar-refractivity contribution < 1.29 is 9.59 Å². The first-order chi connectivity index (χ1) is 16.3. The molecule has 0 radical (unpaired) electrons. The Morgan fingerprint density at radius 1 is 1.21 bits per heavy atom. The molecule has 2 amide bonds. The monoisotopic (exact) mass is 467 g/mol. The molecule has 9 nitrogen and oxygen atoms in total. The number of carbonyl (C=O) groups is 2. The minimum atomic E-state index is -0.582.